The Kier molecular flexibility index (Phi) is 1.39. The molecule has 0 spiro atoms. The molecule has 0 radical (unpaired) electrons. The Bertz CT molecular complexity index is 107. The van der Waals surface area contributed by atoms with Crippen molar-refractivity contribution >= 4 is 0 Å². The molecule has 1 rings (SSSR count). The molecule has 1 atom stereocenters. The Morgan fingerprint density at radius 1 is 1.62 bits per heavy atom. The van der Waals surface area contributed by atoms with E-state index in [0.717, 1.165) is 4.48 Å². The lowest BCUT2D eigenvalue weighted by Crippen LogP contribution is -2.35. The average Bonchev–Trinajstić information content (AvgIpc) is 2.17. The lowest BCUT2D eigenvalue weighted by Gasteiger charge is -2.23. The van der Waals surface area contributed by atoms with Crippen molar-refractivity contribution in [3.8, 4) is 0 Å². The van der Waals surface area contributed by atoms with Gasteiger partial charge in [0.15, 0.2) is 0 Å². The highest BCUT2D eigenvalue weighted by molar-refractivity contribution is 4.80. The monoisotopic (exact) mass is 112 g/mol. The van der Waals surface area contributed by atoms with Gasteiger partial charge in [-0.25, -0.2) is 0 Å². The number of quaternary nitrogens is 1. The molecule has 0 amide bonds. The molecule has 1 heteroatoms. The van der Waals surface area contributed by atoms with E-state index in [2.05, 4.69) is 26.2 Å². The van der Waals surface area contributed by atoms with Gasteiger partial charge in [-0.3, -0.25) is 4.48 Å². The number of hydrogen-bond donors (Lipinski definition) is 0. The predicted molar refractivity (Wildman–Crippen MR) is 35.3 cm³/mol. The van der Waals surface area contributed by atoms with Crippen LogP contribution in [0.25, 0.3) is 0 Å². The van der Waals surface area contributed by atoms with Gasteiger partial charge in [-0.15, -0.1) is 0 Å². The first-order chi connectivity index (χ1) is 3.77. The minimum atomic E-state index is 1.14. The van der Waals surface area contributed by atoms with E-state index in [-0.39, 0.29) is 0 Å². The van der Waals surface area contributed by atoms with E-state index in [4.69, 9.17) is 0 Å². The Labute approximate surface area is 51.2 Å². The molecule has 0 N–H and O–H groups in total. The summed E-state index contributed by atoms with van der Waals surface area (Å²) in [4.78, 5) is 0. The van der Waals surface area contributed by atoms with Crippen LogP contribution in [-0.4, -0.2) is 24.6 Å². The maximum atomic E-state index is 2.29. The number of hydrogen-bond acceptors (Lipinski definition) is 0. The fraction of sp³-hybridized carbons (Fsp3) is 0.714. The zero-order chi connectivity index (χ0) is 6.04. The molecule has 46 valence electrons. The highest BCUT2D eigenvalue weighted by atomic mass is 15.3. The van der Waals surface area contributed by atoms with Gasteiger partial charge in [0, 0.05) is 6.42 Å². The summed E-state index contributed by atoms with van der Waals surface area (Å²) in [6.07, 6.45) is 5.83. The van der Waals surface area contributed by atoms with Gasteiger partial charge in [0.1, 0.15) is 0 Å². The zero-order valence-electron chi connectivity index (χ0n) is 5.72. The predicted octanol–water partition coefficient (Wildman–Crippen LogP) is 1.37. The molecule has 0 fully saturated rings. The molecule has 0 aliphatic carbocycles. The zero-order valence-corrected chi connectivity index (χ0v) is 5.72. The van der Waals surface area contributed by atoms with E-state index in [0.29, 0.717) is 0 Å². The van der Waals surface area contributed by atoms with Crippen LogP contribution in [0.5, 0.6) is 0 Å². The van der Waals surface area contributed by atoms with Gasteiger partial charge in [-0.2, -0.15) is 0 Å². The molecular formula is C7H14N+. The lowest BCUT2D eigenvalue weighted by molar-refractivity contribution is -0.851. The number of nitrogens with zero attached hydrogens (tertiary/aromatic N) is 1. The second-order valence-corrected chi connectivity index (χ2v) is 2.69. The molecule has 0 saturated carbocycles. The summed E-state index contributed by atoms with van der Waals surface area (Å²) < 4.78 is 1.14. The molecule has 1 aliphatic rings. The second-order valence-electron chi connectivity index (χ2n) is 2.69. The van der Waals surface area contributed by atoms with E-state index in [1.54, 1.807) is 0 Å². The highest BCUT2D eigenvalue weighted by Gasteiger charge is 2.18. The molecule has 0 saturated heterocycles. The normalized spacial score (nSPS) is 36.2. The van der Waals surface area contributed by atoms with Gasteiger partial charge >= 0.3 is 0 Å². The summed E-state index contributed by atoms with van der Waals surface area (Å²) in [5.41, 5.74) is 0. The molecule has 8 heavy (non-hydrogen) atoms. The van der Waals surface area contributed by atoms with E-state index in [1.165, 1.54) is 19.5 Å². The summed E-state index contributed by atoms with van der Waals surface area (Å²) >= 11 is 0. The minimum Gasteiger partial charge on any atom is -0.300 e. The first-order valence-electron chi connectivity index (χ1n) is 3.29. The topological polar surface area (TPSA) is 0 Å². The van der Waals surface area contributed by atoms with Crippen LogP contribution in [0.3, 0.4) is 0 Å². The van der Waals surface area contributed by atoms with Gasteiger partial charge in [0.25, 0.3) is 0 Å². The van der Waals surface area contributed by atoms with Gasteiger partial charge < -0.3 is 0 Å². The third-order valence-electron chi connectivity index (χ3n) is 1.99. The van der Waals surface area contributed by atoms with Gasteiger partial charge in [-0.1, -0.05) is 0 Å². The van der Waals surface area contributed by atoms with E-state index in [1.807, 2.05) is 0 Å². The molecule has 0 aromatic heterocycles. The van der Waals surface area contributed by atoms with Crippen LogP contribution in [0.4, 0.5) is 0 Å². The summed E-state index contributed by atoms with van der Waals surface area (Å²) in [6.45, 7) is 4.77. The van der Waals surface area contributed by atoms with Crippen molar-refractivity contribution in [2.24, 2.45) is 0 Å². The SMILES string of the molecule is CC[N+]1(C)C=CCC1. The van der Waals surface area contributed by atoms with Crippen LogP contribution in [0.15, 0.2) is 12.3 Å². The quantitative estimate of drug-likeness (QED) is 0.449. The maximum absolute atomic E-state index is 2.29. The summed E-state index contributed by atoms with van der Waals surface area (Å²) in [5.74, 6) is 0. The number of rotatable bonds is 1. The Balaban J connectivity index is 2.54. The van der Waals surface area contributed by atoms with Crippen molar-refractivity contribution in [2.45, 2.75) is 13.3 Å². The molecule has 1 aliphatic heterocycles. The summed E-state index contributed by atoms with van der Waals surface area (Å²) in [6, 6.07) is 0. The van der Waals surface area contributed by atoms with Crippen molar-refractivity contribution in [2.75, 3.05) is 20.1 Å². The lowest BCUT2D eigenvalue weighted by atomic mass is 10.4. The van der Waals surface area contributed by atoms with Gasteiger partial charge in [-0.05, 0) is 13.0 Å². The fourth-order valence-corrected chi connectivity index (χ4v) is 1.04. The molecule has 0 bridgehead atoms. The largest absolute Gasteiger partial charge is 0.300 e. The van der Waals surface area contributed by atoms with Crippen LogP contribution in [-0.2, 0) is 0 Å². The third-order valence-corrected chi connectivity index (χ3v) is 1.99. The minimum absolute atomic E-state index is 1.14. The van der Waals surface area contributed by atoms with Crippen molar-refractivity contribution in [3.05, 3.63) is 12.3 Å². The van der Waals surface area contributed by atoms with Crippen molar-refractivity contribution in [1.29, 1.82) is 0 Å². The first kappa shape index (κ1) is 5.83. The van der Waals surface area contributed by atoms with Crippen molar-refractivity contribution in [1.82, 2.24) is 0 Å². The fourth-order valence-electron chi connectivity index (χ4n) is 1.04. The summed E-state index contributed by atoms with van der Waals surface area (Å²) in [5, 5.41) is 0. The van der Waals surface area contributed by atoms with E-state index in [9.17, 15) is 0 Å². The summed E-state index contributed by atoms with van der Waals surface area (Å²) in [7, 11) is 2.27. The maximum Gasteiger partial charge on any atom is 0.0918 e. The van der Waals surface area contributed by atoms with Crippen molar-refractivity contribution < 1.29 is 4.48 Å². The van der Waals surface area contributed by atoms with Crippen molar-refractivity contribution in [3.63, 3.8) is 0 Å². The van der Waals surface area contributed by atoms with Crippen LogP contribution in [0, 0.1) is 0 Å². The molecule has 1 heterocycles. The molecule has 0 aromatic carbocycles. The molecular weight excluding hydrogens is 98.1 g/mol. The van der Waals surface area contributed by atoms with Crippen LogP contribution in [0.2, 0.25) is 0 Å². The van der Waals surface area contributed by atoms with Gasteiger partial charge in [0.2, 0.25) is 0 Å². The highest BCUT2D eigenvalue weighted by Crippen LogP contribution is 2.11. The Hall–Kier alpha value is -0.300. The van der Waals surface area contributed by atoms with Gasteiger partial charge in [0.05, 0.1) is 26.3 Å². The first-order valence-corrected chi connectivity index (χ1v) is 3.29. The molecule has 1 nitrogen and oxygen atoms in total. The Morgan fingerprint density at radius 2 is 2.38 bits per heavy atom. The standard InChI is InChI=1S/C7H14N/c1-3-8(2)6-4-5-7-8/h4,6H,3,5,7H2,1-2H3/q+1. The molecule has 0 aromatic rings. The Morgan fingerprint density at radius 3 is 2.62 bits per heavy atom. The average molecular weight is 112 g/mol. The molecule has 1 unspecified atom stereocenters. The van der Waals surface area contributed by atoms with Crippen LogP contribution >= 0.6 is 0 Å². The smallest absolute Gasteiger partial charge is 0.0918 e. The van der Waals surface area contributed by atoms with E-state index < -0.39 is 0 Å². The van der Waals surface area contributed by atoms with Crippen LogP contribution in [0.1, 0.15) is 13.3 Å². The second kappa shape index (κ2) is 1.90. The van der Waals surface area contributed by atoms with E-state index >= 15 is 0 Å². The third kappa shape index (κ3) is 0.920. The van der Waals surface area contributed by atoms with Crippen LogP contribution < -0.4 is 0 Å².